The first-order chi connectivity index (χ1) is 13.5. The van der Waals surface area contributed by atoms with Crippen molar-refractivity contribution in [1.29, 1.82) is 0 Å². The van der Waals surface area contributed by atoms with Crippen LogP contribution >= 0.6 is 0 Å². The van der Waals surface area contributed by atoms with Crippen molar-refractivity contribution < 1.29 is 9.53 Å². The van der Waals surface area contributed by atoms with Crippen LogP contribution in [0.25, 0.3) is 10.9 Å². The Morgan fingerprint density at radius 2 is 1.82 bits per heavy atom. The first kappa shape index (κ1) is 19.7. The Balaban J connectivity index is 1.54. The van der Waals surface area contributed by atoms with Crippen LogP contribution in [-0.2, 0) is 17.6 Å². The normalized spacial score (nSPS) is 10.8. The average Bonchev–Trinajstić information content (AvgIpc) is 2.70. The van der Waals surface area contributed by atoms with Crippen LogP contribution < -0.4 is 15.6 Å². The molecule has 5 heteroatoms. The van der Waals surface area contributed by atoms with E-state index in [-0.39, 0.29) is 11.5 Å². The molecule has 0 saturated heterocycles. The summed E-state index contributed by atoms with van der Waals surface area (Å²) in [6.07, 6.45) is 1.59. The lowest BCUT2D eigenvalue weighted by Crippen LogP contribution is -2.27. The Bertz CT molecular complexity index is 1040. The number of aromatic nitrogens is 1. The van der Waals surface area contributed by atoms with E-state index in [4.69, 9.17) is 4.74 Å². The van der Waals surface area contributed by atoms with E-state index in [0.29, 0.717) is 31.4 Å². The number of benzene rings is 2. The topological polar surface area (TPSA) is 71.2 Å². The third-order valence-electron chi connectivity index (χ3n) is 5.14. The fourth-order valence-electron chi connectivity index (χ4n) is 3.23. The van der Waals surface area contributed by atoms with Gasteiger partial charge in [0.25, 0.3) is 5.56 Å². The standard InChI is InChI=1S/C23H26N2O3/c1-15-4-8-18-14-19(23(27)25-22(18)16(15)2)12-13-24-21(26)11-7-17-5-9-20(28-3)10-6-17/h4-6,8-10,14H,7,11-13H2,1-3H3,(H,24,26)(H,25,27). The van der Waals surface area contributed by atoms with Gasteiger partial charge in [0.1, 0.15) is 5.75 Å². The molecule has 0 aliphatic heterocycles. The van der Waals surface area contributed by atoms with Crippen LogP contribution in [0.1, 0.15) is 28.7 Å². The molecule has 1 amide bonds. The maximum atomic E-state index is 12.4. The van der Waals surface area contributed by atoms with Crippen LogP contribution in [0.2, 0.25) is 0 Å². The van der Waals surface area contributed by atoms with Gasteiger partial charge in [0.05, 0.1) is 12.6 Å². The summed E-state index contributed by atoms with van der Waals surface area (Å²) in [5.74, 6) is 0.790. The highest BCUT2D eigenvalue weighted by Crippen LogP contribution is 2.19. The monoisotopic (exact) mass is 378 g/mol. The summed E-state index contributed by atoms with van der Waals surface area (Å²) < 4.78 is 5.13. The number of amides is 1. The van der Waals surface area contributed by atoms with E-state index in [0.717, 1.165) is 33.3 Å². The minimum Gasteiger partial charge on any atom is -0.497 e. The van der Waals surface area contributed by atoms with E-state index in [1.165, 1.54) is 0 Å². The van der Waals surface area contributed by atoms with Crippen LogP contribution in [0, 0.1) is 13.8 Å². The molecule has 1 heterocycles. The van der Waals surface area contributed by atoms with Crippen LogP contribution in [-0.4, -0.2) is 24.5 Å². The number of carbonyl (C=O) groups excluding carboxylic acids is 1. The second-order valence-corrected chi connectivity index (χ2v) is 7.04. The number of fused-ring (bicyclic) bond motifs is 1. The molecule has 3 rings (SSSR count). The largest absolute Gasteiger partial charge is 0.497 e. The minimum atomic E-state index is -0.0892. The van der Waals surface area contributed by atoms with Gasteiger partial charge in [0, 0.05) is 18.5 Å². The molecular weight excluding hydrogens is 352 g/mol. The molecule has 3 aromatic rings. The zero-order valence-corrected chi connectivity index (χ0v) is 16.6. The molecule has 0 bridgehead atoms. The Morgan fingerprint density at radius 1 is 1.07 bits per heavy atom. The number of hydrogen-bond acceptors (Lipinski definition) is 3. The minimum absolute atomic E-state index is 0.0143. The quantitative estimate of drug-likeness (QED) is 0.662. The van der Waals surface area contributed by atoms with Crippen molar-refractivity contribution in [3.05, 3.63) is 75.1 Å². The van der Waals surface area contributed by atoms with E-state index in [1.54, 1.807) is 7.11 Å². The number of hydrogen-bond donors (Lipinski definition) is 2. The summed E-state index contributed by atoms with van der Waals surface area (Å²) >= 11 is 0. The van der Waals surface area contributed by atoms with Crippen molar-refractivity contribution in [2.24, 2.45) is 0 Å². The maximum Gasteiger partial charge on any atom is 0.251 e. The molecule has 0 atom stereocenters. The molecule has 5 nitrogen and oxygen atoms in total. The number of nitrogens with one attached hydrogen (secondary N) is 2. The van der Waals surface area contributed by atoms with Crippen LogP contribution in [0.5, 0.6) is 5.75 Å². The average molecular weight is 378 g/mol. The van der Waals surface area contributed by atoms with Gasteiger partial charge in [-0.25, -0.2) is 0 Å². The number of rotatable bonds is 7. The molecule has 0 radical (unpaired) electrons. The molecule has 0 spiro atoms. The summed E-state index contributed by atoms with van der Waals surface area (Å²) in [7, 11) is 1.63. The number of methoxy groups -OCH3 is 1. The third-order valence-corrected chi connectivity index (χ3v) is 5.14. The number of ether oxygens (including phenoxy) is 1. The van der Waals surface area contributed by atoms with Crippen molar-refractivity contribution in [2.45, 2.75) is 33.1 Å². The van der Waals surface area contributed by atoms with Crippen molar-refractivity contribution in [1.82, 2.24) is 10.3 Å². The Labute approximate surface area is 164 Å². The SMILES string of the molecule is COc1ccc(CCC(=O)NCCc2cc3ccc(C)c(C)c3[nH]c2=O)cc1. The highest BCUT2D eigenvalue weighted by Gasteiger charge is 2.08. The van der Waals surface area contributed by atoms with Gasteiger partial charge in [0.2, 0.25) is 5.91 Å². The van der Waals surface area contributed by atoms with Crippen LogP contribution in [0.3, 0.4) is 0 Å². The molecule has 0 aliphatic rings. The molecule has 2 N–H and O–H groups in total. The van der Waals surface area contributed by atoms with Gasteiger partial charge in [-0.15, -0.1) is 0 Å². The van der Waals surface area contributed by atoms with Gasteiger partial charge in [-0.3, -0.25) is 9.59 Å². The van der Waals surface area contributed by atoms with Crippen molar-refractivity contribution in [3.63, 3.8) is 0 Å². The third kappa shape index (κ3) is 4.60. The van der Waals surface area contributed by atoms with Crippen molar-refractivity contribution in [2.75, 3.05) is 13.7 Å². The molecule has 0 saturated carbocycles. The number of carbonyl (C=O) groups is 1. The molecule has 146 valence electrons. The highest BCUT2D eigenvalue weighted by molar-refractivity contribution is 5.83. The lowest BCUT2D eigenvalue weighted by molar-refractivity contribution is -0.121. The molecule has 2 aromatic carbocycles. The Kier molecular flexibility index (Phi) is 6.14. The number of aryl methyl sites for hydroxylation is 3. The maximum absolute atomic E-state index is 12.4. The highest BCUT2D eigenvalue weighted by atomic mass is 16.5. The summed E-state index contributed by atoms with van der Waals surface area (Å²) in [5.41, 5.74) is 4.82. The lowest BCUT2D eigenvalue weighted by atomic mass is 10.0. The molecular formula is C23H26N2O3. The first-order valence-corrected chi connectivity index (χ1v) is 9.49. The van der Waals surface area contributed by atoms with Gasteiger partial charge in [-0.1, -0.05) is 24.3 Å². The van der Waals surface area contributed by atoms with Gasteiger partial charge in [-0.2, -0.15) is 0 Å². The van der Waals surface area contributed by atoms with Crippen LogP contribution in [0.15, 0.2) is 47.3 Å². The smallest absolute Gasteiger partial charge is 0.251 e. The second-order valence-electron chi connectivity index (χ2n) is 7.04. The van der Waals surface area contributed by atoms with Crippen molar-refractivity contribution >= 4 is 16.8 Å². The zero-order valence-electron chi connectivity index (χ0n) is 16.6. The van der Waals surface area contributed by atoms with E-state index in [2.05, 4.69) is 16.4 Å². The molecule has 0 fully saturated rings. The van der Waals surface area contributed by atoms with Gasteiger partial charge in [-0.05, 0) is 67.0 Å². The van der Waals surface area contributed by atoms with E-state index >= 15 is 0 Å². The second kappa shape index (κ2) is 8.74. The van der Waals surface area contributed by atoms with E-state index in [9.17, 15) is 9.59 Å². The first-order valence-electron chi connectivity index (χ1n) is 9.49. The summed E-state index contributed by atoms with van der Waals surface area (Å²) in [5, 5.41) is 3.92. The predicted octanol–water partition coefficient (Wildman–Crippen LogP) is 3.45. The number of pyridine rings is 1. The summed E-state index contributed by atoms with van der Waals surface area (Å²) in [6, 6.07) is 13.7. The lowest BCUT2D eigenvalue weighted by Gasteiger charge is -2.09. The zero-order chi connectivity index (χ0) is 20.1. The Hall–Kier alpha value is -3.08. The predicted molar refractivity (Wildman–Crippen MR) is 112 cm³/mol. The van der Waals surface area contributed by atoms with E-state index in [1.807, 2.05) is 50.2 Å². The molecule has 0 aliphatic carbocycles. The fraction of sp³-hybridized carbons (Fsp3) is 0.304. The summed E-state index contributed by atoms with van der Waals surface area (Å²) in [6.45, 7) is 4.49. The van der Waals surface area contributed by atoms with Gasteiger partial charge in [0.15, 0.2) is 0 Å². The number of H-pyrrole nitrogens is 1. The van der Waals surface area contributed by atoms with E-state index < -0.39 is 0 Å². The molecule has 28 heavy (non-hydrogen) atoms. The van der Waals surface area contributed by atoms with Crippen LogP contribution in [0.4, 0.5) is 0 Å². The fourth-order valence-corrected chi connectivity index (χ4v) is 3.23. The van der Waals surface area contributed by atoms with Gasteiger partial charge < -0.3 is 15.0 Å². The molecule has 0 unspecified atom stereocenters. The number of aromatic amines is 1. The van der Waals surface area contributed by atoms with Gasteiger partial charge >= 0.3 is 0 Å². The van der Waals surface area contributed by atoms with Crippen molar-refractivity contribution in [3.8, 4) is 5.75 Å². The molecule has 1 aromatic heterocycles. The summed E-state index contributed by atoms with van der Waals surface area (Å²) in [4.78, 5) is 27.4. The Morgan fingerprint density at radius 3 is 2.54 bits per heavy atom.